The first-order valence-electron chi connectivity index (χ1n) is 6.61. The molecule has 0 amide bonds. The van der Waals surface area contributed by atoms with E-state index in [-0.39, 0.29) is 5.02 Å². The number of nitrogens with one attached hydrogen (secondary N) is 1. The molecule has 0 aliphatic carbocycles. The number of rotatable bonds is 6. The summed E-state index contributed by atoms with van der Waals surface area (Å²) >= 11 is 13.4. The number of hydrogen-bond donors (Lipinski definition) is 1. The molecule has 1 heterocycles. The zero-order valence-corrected chi connectivity index (χ0v) is 15.0. The highest BCUT2D eigenvalue weighted by atomic mass is 35.5. The van der Waals surface area contributed by atoms with Crippen molar-refractivity contribution >= 4 is 51.6 Å². The van der Waals surface area contributed by atoms with E-state index in [1.807, 2.05) is 0 Å². The van der Waals surface area contributed by atoms with Crippen LogP contribution in [0.15, 0.2) is 23.7 Å². The molecule has 1 aromatic carbocycles. The fourth-order valence-electron chi connectivity index (χ4n) is 2.09. The van der Waals surface area contributed by atoms with E-state index < -0.39 is 23.9 Å². The van der Waals surface area contributed by atoms with Crippen LogP contribution in [-0.2, 0) is 19.1 Å². The van der Waals surface area contributed by atoms with Gasteiger partial charge in [-0.25, -0.2) is 0 Å². The van der Waals surface area contributed by atoms with Crippen LogP contribution in [0.1, 0.15) is 11.6 Å². The van der Waals surface area contributed by atoms with Crippen molar-refractivity contribution in [2.75, 3.05) is 19.5 Å². The predicted molar refractivity (Wildman–Crippen MR) is 90.3 cm³/mol. The van der Waals surface area contributed by atoms with Gasteiger partial charge >= 0.3 is 11.9 Å². The zero-order chi connectivity index (χ0) is 17.7. The maximum atomic E-state index is 12.2. The number of halogens is 2. The first kappa shape index (κ1) is 18.4. The molecule has 1 N–H and O–H groups in total. The van der Waals surface area contributed by atoms with Crippen molar-refractivity contribution in [2.45, 2.75) is 6.04 Å². The molecule has 0 spiro atoms. The van der Waals surface area contributed by atoms with Gasteiger partial charge in [-0.3, -0.25) is 9.59 Å². The van der Waals surface area contributed by atoms with Crippen molar-refractivity contribution in [1.29, 1.82) is 0 Å². The van der Waals surface area contributed by atoms with Gasteiger partial charge in [0.15, 0.2) is 5.92 Å². The third kappa shape index (κ3) is 4.14. The van der Waals surface area contributed by atoms with Crippen LogP contribution in [0.25, 0.3) is 0 Å². The number of aromatic nitrogens is 2. The smallest absolute Gasteiger partial charge is 0.322 e. The topological polar surface area (TPSA) is 90.4 Å². The molecule has 0 fully saturated rings. The lowest BCUT2D eigenvalue weighted by Gasteiger charge is -2.25. The lowest BCUT2D eigenvalue weighted by molar-refractivity contribution is -0.159. The minimum absolute atomic E-state index is 0.280. The fraction of sp³-hybridized carbons (Fsp3) is 0.286. The van der Waals surface area contributed by atoms with E-state index in [2.05, 4.69) is 15.5 Å². The van der Waals surface area contributed by atoms with E-state index in [9.17, 15) is 9.59 Å². The number of carbonyl (C=O) groups is 2. The molecule has 128 valence electrons. The molecule has 0 saturated carbocycles. The van der Waals surface area contributed by atoms with Crippen molar-refractivity contribution in [3.8, 4) is 0 Å². The van der Waals surface area contributed by atoms with Crippen molar-refractivity contribution in [2.24, 2.45) is 5.92 Å². The van der Waals surface area contributed by atoms with Crippen LogP contribution >= 0.6 is 34.5 Å². The van der Waals surface area contributed by atoms with Gasteiger partial charge in [0, 0.05) is 10.0 Å². The van der Waals surface area contributed by atoms with Crippen LogP contribution in [0.4, 0.5) is 5.13 Å². The molecular formula is C14H13Cl2N3O4S. The summed E-state index contributed by atoms with van der Waals surface area (Å²) in [6.07, 6.45) is 0. The summed E-state index contributed by atoms with van der Waals surface area (Å²) in [5.41, 5.74) is 1.98. The summed E-state index contributed by atoms with van der Waals surface area (Å²) < 4.78 is 9.48. The molecule has 0 saturated heterocycles. The number of methoxy groups -OCH3 is 2. The fourth-order valence-corrected chi connectivity index (χ4v) is 3.10. The van der Waals surface area contributed by atoms with E-state index in [4.69, 9.17) is 32.7 Å². The largest absolute Gasteiger partial charge is 0.468 e. The standard InChI is InChI=1S/C14H13Cl2N3O4S/c1-22-12(20)10(13(21)23-2)11(18-14-19-17-6-24-14)8-4-3-7(15)5-9(8)16/h3-6,10-11H,1-2H3,(H,18,19). The van der Waals surface area contributed by atoms with Gasteiger partial charge in [-0.05, 0) is 17.7 Å². The number of carbonyl (C=O) groups excluding carboxylic acids is 2. The van der Waals surface area contributed by atoms with Crippen molar-refractivity contribution in [1.82, 2.24) is 10.2 Å². The Labute approximate surface area is 151 Å². The van der Waals surface area contributed by atoms with Crippen LogP contribution in [0.5, 0.6) is 0 Å². The maximum absolute atomic E-state index is 12.2. The number of esters is 2. The van der Waals surface area contributed by atoms with E-state index in [1.54, 1.807) is 12.1 Å². The van der Waals surface area contributed by atoms with Gasteiger partial charge in [-0.2, -0.15) is 0 Å². The lowest BCUT2D eigenvalue weighted by atomic mass is 9.93. The van der Waals surface area contributed by atoms with Crippen molar-refractivity contribution < 1.29 is 19.1 Å². The highest BCUT2D eigenvalue weighted by molar-refractivity contribution is 7.13. The molecule has 2 aromatic rings. The monoisotopic (exact) mass is 389 g/mol. The average molecular weight is 390 g/mol. The summed E-state index contributed by atoms with van der Waals surface area (Å²) in [4.78, 5) is 24.3. The number of hydrogen-bond acceptors (Lipinski definition) is 8. The Hall–Kier alpha value is -1.90. The summed E-state index contributed by atoms with van der Waals surface area (Å²) in [6.45, 7) is 0. The molecule has 0 aliphatic heterocycles. The summed E-state index contributed by atoms with van der Waals surface area (Å²) in [7, 11) is 2.37. The number of anilines is 1. The minimum atomic E-state index is -1.29. The summed E-state index contributed by atoms with van der Waals surface area (Å²) in [5.74, 6) is -2.83. The Balaban J connectivity index is 2.51. The third-order valence-corrected chi connectivity index (χ3v) is 4.37. The SMILES string of the molecule is COC(=O)C(C(=O)OC)C(Nc1nncs1)c1ccc(Cl)cc1Cl. The Morgan fingerprint density at radius 2 is 1.88 bits per heavy atom. The Bertz CT molecular complexity index is 711. The van der Waals surface area contributed by atoms with Gasteiger partial charge in [0.2, 0.25) is 5.13 Å². The van der Waals surface area contributed by atoms with Gasteiger partial charge in [0.25, 0.3) is 0 Å². The molecule has 0 bridgehead atoms. The molecule has 10 heteroatoms. The second-order valence-electron chi connectivity index (χ2n) is 4.56. The Morgan fingerprint density at radius 3 is 2.38 bits per heavy atom. The molecule has 1 atom stereocenters. The van der Waals surface area contributed by atoms with Crippen LogP contribution in [-0.4, -0.2) is 36.4 Å². The molecule has 0 aliphatic rings. The highest BCUT2D eigenvalue weighted by Crippen LogP contribution is 2.34. The summed E-state index contributed by atoms with van der Waals surface area (Å²) in [6, 6.07) is 3.85. The van der Waals surface area contributed by atoms with Gasteiger partial charge in [-0.15, -0.1) is 10.2 Å². The van der Waals surface area contributed by atoms with Crippen molar-refractivity contribution in [3.05, 3.63) is 39.3 Å². The van der Waals surface area contributed by atoms with E-state index in [0.29, 0.717) is 15.7 Å². The quantitative estimate of drug-likeness (QED) is 0.599. The first-order valence-corrected chi connectivity index (χ1v) is 8.24. The second-order valence-corrected chi connectivity index (χ2v) is 6.23. The second kappa shape index (κ2) is 8.27. The summed E-state index contributed by atoms with van der Waals surface area (Å²) in [5, 5.41) is 11.7. The van der Waals surface area contributed by atoms with Gasteiger partial charge in [0.05, 0.1) is 20.3 Å². The first-order chi connectivity index (χ1) is 11.5. The maximum Gasteiger partial charge on any atom is 0.322 e. The molecule has 7 nitrogen and oxygen atoms in total. The van der Waals surface area contributed by atoms with E-state index in [0.717, 1.165) is 0 Å². The number of nitrogens with zero attached hydrogens (tertiary/aromatic N) is 2. The van der Waals surface area contributed by atoms with Crippen LogP contribution in [0.2, 0.25) is 10.0 Å². The Kier molecular flexibility index (Phi) is 6.36. The van der Waals surface area contributed by atoms with Crippen LogP contribution in [0.3, 0.4) is 0 Å². The van der Waals surface area contributed by atoms with Gasteiger partial charge in [-0.1, -0.05) is 40.6 Å². The van der Waals surface area contributed by atoms with Crippen LogP contribution < -0.4 is 5.32 Å². The van der Waals surface area contributed by atoms with Gasteiger partial charge < -0.3 is 14.8 Å². The molecule has 1 aromatic heterocycles. The molecule has 1 unspecified atom stereocenters. The van der Waals surface area contributed by atoms with E-state index >= 15 is 0 Å². The number of ether oxygens (including phenoxy) is 2. The predicted octanol–water partition coefficient (Wildman–Crippen LogP) is 2.96. The Morgan fingerprint density at radius 1 is 1.21 bits per heavy atom. The minimum Gasteiger partial charge on any atom is -0.468 e. The molecule has 24 heavy (non-hydrogen) atoms. The number of benzene rings is 1. The molecule has 2 rings (SSSR count). The highest BCUT2D eigenvalue weighted by Gasteiger charge is 2.39. The average Bonchev–Trinajstić information content (AvgIpc) is 3.07. The third-order valence-electron chi connectivity index (χ3n) is 3.18. The van der Waals surface area contributed by atoms with Crippen molar-refractivity contribution in [3.63, 3.8) is 0 Å². The van der Waals surface area contributed by atoms with E-state index in [1.165, 1.54) is 37.1 Å². The molecular weight excluding hydrogens is 377 g/mol. The normalized spacial score (nSPS) is 11.9. The lowest BCUT2D eigenvalue weighted by Crippen LogP contribution is -2.36. The molecule has 0 radical (unpaired) electrons. The van der Waals surface area contributed by atoms with Gasteiger partial charge in [0.1, 0.15) is 5.51 Å². The zero-order valence-electron chi connectivity index (χ0n) is 12.7. The van der Waals surface area contributed by atoms with Crippen LogP contribution in [0, 0.1) is 5.92 Å².